The maximum atomic E-state index is 11.2. The zero-order valence-electron chi connectivity index (χ0n) is 19.2. The molecule has 0 spiro atoms. The van der Waals surface area contributed by atoms with Gasteiger partial charge in [-0.1, -0.05) is 48.5 Å². The summed E-state index contributed by atoms with van der Waals surface area (Å²) >= 11 is 0. The van der Waals surface area contributed by atoms with Gasteiger partial charge in [-0.15, -0.1) is 0 Å². The lowest BCUT2D eigenvalue weighted by molar-refractivity contribution is -0.135. The Labute approximate surface area is 199 Å². The van der Waals surface area contributed by atoms with Crippen LogP contribution in [-0.2, 0) is 11.2 Å². The number of carboxylic acid groups (broad SMARTS) is 1. The summed E-state index contributed by atoms with van der Waals surface area (Å²) < 4.78 is 0. The number of likely N-dealkylation sites (N-methyl/N-ethyl adjacent to an activating group) is 1. The minimum atomic E-state index is -0.880. The lowest BCUT2D eigenvalue weighted by Crippen LogP contribution is -2.33. The maximum Gasteiger partial charge on any atom is 0.323 e. The quantitative estimate of drug-likeness (QED) is 0.355. The average Bonchev–Trinajstić information content (AvgIpc) is 2.86. The molecule has 1 aliphatic heterocycles. The van der Waals surface area contributed by atoms with Gasteiger partial charge < -0.3 is 20.6 Å². The largest absolute Gasteiger partial charge is 0.480 e. The SMILES string of the molecule is CN(CC(=O)O)c1cc(-c2ccccc2)c2cc(CCC3CNc4ccccc4N3)ccc2n1. The number of carbonyl (C=O) groups is 1. The van der Waals surface area contributed by atoms with Crippen molar-refractivity contribution in [1.29, 1.82) is 0 Å². The Balaban J connectivity index is 1.43. The summed E-state index contributed by atoms with van der Waals surface area (Å²) in [5, 5.41) is 17.5. The van der Waals surface area contributed by atoms with Crippen LogP contribution in [0.5, 0.6) is 0 Å². The first kappa shape index (κ1) is 21.8. The van der Waals surface area contributed by atoms with E-state index in [9.17, 15) is 9.90 Å². The van der Waals surface area contributed by atoms with Crippen molar-refractivity contribution in [2.45, 2.75) is 18.9 Å². The monoisotopic (exact) mass is 452 g/mol. The number of aryl methyl sites for hydroxylation is 1. The van der Waals surface area contributed by atoms with Crippen LogP contribution in [0.3, 0.4) is 0 Å². The van der Waals surface area contributed by atoms with E-state index >= 15 is 0 Å². The molecular weight excluding hydrogens is 424 g/mol. The Bertz CT molecular complexity index is 1320. The van der Waals surface area contributed by atoms with E-state index in [1.165, 1.54) is 5.56 Å². The van der Waals surface area contributed by atoms with Gasteiger partial charge in [-0.25, -0.2) is 4.98 Å². The standard InChI is InChI=1S/C28H28N4O2/c1-32(18-28(33)34)27-16-22(20-7-3-2-4-8-20)23-15-19(12-14-24(23)31-27)11-13-21-17-29-25-9-5-6-10-26(25)30-21/h2-10,12,14-16,21,29-30H,11,13,17-18H2,1H3,(H,33,34). The van der Waals surface area contributed by atoms with Gasteiger partial charge in [-0.2, -0.15) is 0 Å². The molecule has 34 heavy (non-hydrogen) atoms. The summed E-state index contributed by atoms with van der Waals surface area (Å²) in [5.41, 5.74) is 6.60. The number of hydrogen-bond donors (Lipinski definition) is 3. The van der Waals surface area contributed by atoms with E-state index < -0.39 is 5.97 Å². The third kappa shape index (κ3) is 4.66. The lowest BCUT2D eigenvalue weighted by atomic mass is 9.97. The first-order valence-electron chi connectivity index (χ1n) is 11.6. The Morgan fingerprint density at radius 2 is 1.79 bits per heavy atom. The molecule has 3 N–H and O–H groups in total. The summed E-state index contributed by atoms with van der Waals surface area (Å²) in [5.74, 6) is -0.230. The summed E-state index contributed by atoms with van der Waals surface area (Å²) in [6.07, 6.45) is 1.97. The van der Waals surface area contributed by atoms with Crippen LogP contribution in [0.25, 0.3) is 22.0 Å². The molecule has 0 fully saturated rings. The van der Waals surface area contributed by atoms with Crippen LogP contribution in [0.1, 0.15) is 12.0 Å². The van der Waals surface area contributed by atoms with Gasteiger partial charge in [-0.3, -0.25) is 4.79 Å². The zero-order valence-corrected chi connectivity index (χ0v) is 19.2. The maximum absolute atomic E-state index is 11.2. The number of para-hydroxylation sites is 2. The highest BCUT2D eigenvalue weighted by atomic mass is 16.4. The van der Waals surface area contributed by atoms with Crippen molar-refractivity contribution < 1.29 is 9.90 Å². The van der Waals surface area contributed by atoms with Crippen molar-refractivity contribution in [3.05, 3.63) is 84.4 Å². The van der Waals surface area contributed by atoms with E-state index in [-0.39, 0.29) is 6.54 Å². The summed E-state index contributed by atoms with van der Waals surface area (Å²) in [7, 11) is 1.76. The van der Waals surface area contributed by atoms with Gasteiger partial charge in [0.1, 0.15) is 12.4 Å². The minimum Gasteiger partial charge on any atom is -0.480 e. The predicted molar refractivity (Wildman–Crippen MR) is 139 cm³/mol. The normalized spacial score (nSPS) is 14.7. The fourth-order valence-corrected chi connectivity index (χ4v) is 4.53. The third-order valence-corrected chi connectivity index (χ3v) is 6.31. The summed E-state index contributed by atoms with van der Waals surface area (Å²) in [6.45, 7) is 0.803. The molecule has 2 heterocycles. The van der Waals surface area contributed by atoms with Crippen molar-refractivity contribution in [1.82, 2.24) is 4.98 Å². The van der Waals surface area contributed by atoms with Gasteiger partial charge in [0.15, 0.2) is 0 Å². The highest BCUT2D eigenvalue weighted by Crippen LogP contribution is 2.32. The zero-order chi connectivity index (χ0) is 23.5. The molecule has 172 valence electrons. The second-order valence-electron chi connectivity index (χ2n) is 8.80. The highest BCUT2D eigenvalue weighted by Gasteiger charge is 2.17. The van der Waals surface area contributed by atoms with Crippen LogP contribution in [0.4, 0.5) is 17.2 Å². The van der Waals surface area contributed by atoms with Crippen molar-refractivity contribution in [3.8, 4) is 11.1 Å². The summed E-state index contributed by atoms with van der Waals surface area (Å²) in [6, 6.07) is 27.3. The topological polar surface area (TPSA) is 77.5 Å². The van der Waals surface area contributed by atoms with Gasteiger partial charge in [-0.05, 0) is 59.9 Å². The Hall–Kier alpha value is -4.06. The molecule has 1 atom stereocenters. The molecule has 0 aliphatic carbocycles. The number of benzene rings is 3. The van der Waals surface area contributed by atoms with E-state index in [1.54, 1.807) is 11.9 Å². The highest BCUT2D eigenvalue weighted by molar-refractivity contribution is 5.96. The number of aliphatic carboxylic acids is 1. The first-order valence-corrected chi connectivity index (χ1v) is 11.6. The lowest BCUT2D eigenvalue weighted by Gasteiger charge is -2.28. The molecule has 5 rings (SSSR count). The molecule has 6 nitrogen and oxygen atoms in total. The number of nitrogens with one attached hydrogen (secondary N) is 2. The van der Waals surface area contributed by atoms with Crippen molar-refractivity contribution >= 4 is 34.1 Å². The third-order valence-electron chi connectivity index (χ3n) is 6.31. The molecule has 0 radical (unpaired) electrons. The minimum absolute atomic E-state index is 0.101. The predicted octanol–water partition coefficient (Wildman–Crippen LogP) is 5.26. The molecule has 3 aromatic carbocycles. The van der Waals surface area contributed by atoms with Crippen LogP contribution in [0.2, 0.25) is 0 Å². The molecule has 0 saturated heterocycles. The number of nitrogens with zero attached hydrogens (tertiary/aromatic N) is 2. The first-order chi connectivity index (χ1) is 16.6. The van der Waals surface area contributed by atoms with E-state index in [4.69, 9.17) is 4.98 Å². The van der Waals surface area contributed by atoms with Crippen LogP contribution in [-0.4, -0.2) is 42.2 Å². The average molecular weight is 453 g/mol. The smallest absolute Gasteiger partial charge is 0.323 e. The van der Waals surface area contributed by atoms with Crippen molar-refractivity contribution in [3.63, 3.8) is 0 Å². The Kier molecular flexibility index (Phi) is 6.04. The number of fused-ring (bicyclic) bond motifs is 2. The second kappa shape index (κ2) is 9.43. The molecular formula is C28H28N4O2. The Morgan fingerprint density at radius 1 is 1.03 bits per heavy atom. The van der Waals surface area contributed by atoms with Gasteiger partial charge >= 0.3 is 5.97 Å². The molecule has 1 aromatic heterocycles. The number of rotatable bonds is 7. The van der Waals surface area contributed by atoms with E-state index in [1.807, 2.05) is 30.3 Å². The number of carboxylic acids is 1. The van der Waals surface area contributed by atoms with Crippen LogP contribution in [0, 0.1) is 0 Å². The number of anilines is 3. The molecule has 0 saturated carbocycles. The van der Waals surface area contributed by atoms with Gasteiger partial charge in [0.05, 0.1) is 16.9 Å². The molecule has 4 aromatic rings. The number of hydrogen-bond acceptors (Lipinski definition) is 5. The van der Waals surface area contributed by atoms with Crippen molar-refractivity contribution in [2.75, 3.05) is 35.7 Å². The molecule has 1 unspecified atom stereocenters. The van der Waals surface area contributed by atoms with E-state index in [0.29, 0.717) is 11.9 Å². The number of pyridine rings is 1. The second-order valence-corrected chi connectivity index (χ2v) is 8.80. The van der Waals surface area contributed by atoms with E-state index in [0.717, 1.165) is 52.8 Å². The van der Waals surface area contributed by atoms with Crippen LogP contribution >= 0.6 is 0 Å². The fourth-order valence-electron chi connectivity index (χ4n) is 4.53. The molecule has 1 aliphatic rings. The van der Waals surface area contributed by atoms with Gasteiger partial charge in [0.25, 0.3) is 0 Å². The Morgan fingerprint density at radius 3 is 2.59 bits per heavy atom. The molecule has 0 bridgehead atoms. The van der Waals surface area contributed by atoms with Crippen LogP contribution < -0.4 is 15.5 Å². The van der Waals surface area contributed by atoms with Gasteiger partial charge in [0.2, 0.25) is 0 Å². The number of aromatic nitrogens is 1. The van der Waals surface area contributed by atoms with Crippen LogP contribution in [0.15, 0.2) is 78.9 Å². The molecule has 6 heteroatoms. The van der Waals surface area contributed by atoms with E-state index in [2.05, 4.69) is 59.2 Å². The molecule has 0 amide bonds. The fraction of sp³-hybridized carbons (Fsp3) is 0.214. The summed E-state index contributed by atoms with van der Waals surface area (Å²) in [4.78, 5) is 17.7. The van der Waals surface area contributed by atoms with Gasteiger partial charge in [0, 0.05) is 25.0 Å². The van der Waals surface area contributed by atoms with Crippen molar-refractivity contribution in [2.24, 2.45) is 0 Å².